The molecule has 0 bridgehead atoms. The van der Waals surface area contributed by atoms with Crippen LogP contribution in [0.5, 0.6) is 0 Å². The van der Waals surface area contributed by atoms with Gasteiger partial charge in [0.05, 0.1) is 0 Å². The second-order valence-corrected chi connectivity index (χ2v) is 11.8. The molecular weight excluding hydrogens is 350 g/mol. The Balaban J connectivity index is 2.28. The van der Waals surface area contributed by atoms with Crippen molar-refractivity contribution in [2.45, 2.75) is 109 Å². The van der Waals surface area contributed by atoms with Gasteiger partial charge in [0.15, 0.2) is 0 Å². The van der Waals surface area contributed by atoms with E-state index in [2.05, 4.69) is 58.9 Å². The van der Waals surface area contributed by atoms with E-state index in [9.17, 15) is 4.91 Å². The van der Waals surface area contributed by atoms with Gasteiger partial charge in [0.25, 0.3) is 0 Å². The minimum atomic E-state index is 0.0771. The molecule has 0 spiro atoms. The topological polar surface area (TPSA) is 29.4 Å². The molecule has 0 aliphatic heterocycles. The standard InChI is InChI=1S/C24H39NOS/c1-23(2,3)16-18-14-20(24(4,5)6)15-19(22(18)25-26)17-27-21-12-10-8-7-9-11-13-21/h14-15,21H,7-13,16-17H2,1-6H3. The summed E-state index contributed by atoms with van der Waals surface area (Å²) in [5.74, 6) is 0.910. The molecule has 0 heterocycles. The van der Waals surface area contributed by atoms with Crippen LogP contribution < -0.4 is 0 Å². The summed E-state index contributed by atoms with van der Waals surface area (Å²) in [6.45, 7) is 13.5. The number of hydrogen-bond donors (Lipinski definition) is 0. The van der Waals surface area contributed by atoms with Gasteiger partial charge in [-0.2, -0.15) is 11.8 Å². The lowest BCUT2D eigenvalue weighted by Crippen LogP contribution is -2.15. The fourth-order valence-electron chi connectivity index (χ4n) is 3.92. The Hall–Kier alpha value is -0.830. The molecule has 2 nitrogen and oxygen atoms in total. The molecule has 0 aromatic heterocycles. The average Bonchev–Trinajstić information content (AvgIpc) is 2.51. The number of hydrogen-bond acceptors (Lipinski definition) is 3. The molecule has 1 aliphatic rings. The first kappa shape index (κ1) is 22.5. The van der Waals surface area contributed by atoms with Crippen LogP contribution in [0.2, 0.25) is 0 Å². The summed E-state index contributed by atoms with van der Waals surface area (Å²) in [5, 5.41) is 4.24. The maximum Gasteiger partial charge on any atom is 0.115 e. The molecule has 0 unspecified atom stereocenters. The maximum atomic E-state index is 11.8. The van der Waals surface area contributed by atoms with Crippen LogP contribution in [0.15, 0.2) is 17.3 Å². The van der Waals surface area contributed by atoms with Crippen molar-refractivity contribution in [2.75, 3.05) is 0 Å². The molecule has 152 valence electrons. The molecule has 1 saturated carbocycles. The number of benzene rings is 1. The molecule has 1 aromatic carbocycles. The summed E-state index contributed by atoms with van der Waals surface area (Å²) in [5.41, 5.74) is 4.51. The van der Waals surface area contributed by atoms with E-state index < -0.39 is 0 Å². The third kappa shape index (κ3) is 7.25. The first-order valence-corrected chi connectivity index (χ1v) is 11.8. The maximum absolute atomic E-state index is 11.8. The third-order valence-electron chi connectivity index (χ3n) is 5.47. The summed E-state index contributed by atoms with van der Waals surface area (Å²) < 4.78 is 0. The van der Waals surface area contributed by atoms with Gasteiger partial charge in [0, 0.05) is 11.0 Å². The van der Waals surface area contributed by atoms with Crippen LogP contribution in [0.4, 0.5) is 5.69 Å². The Morgan fingerprint density at radius 1 is 0.926 bits per heavy atom. The SMILES string of the molecule is CC(C)(C)Cc1cc(C(C)(C)C)cc(CSC2CCCCCCC2)c1N=O. The molecule has 0 saturated heterocycles. The number of rotatable bonds is 5. The van der Waals surface area contributed by atoms with E-state index in [0.717, 1.165) is 28.6 Å². The van der Waals surface area contributed by atoms with Crippen LogP contribution >= 0.6 is 11.8 Å². The summed E-state index contributed by atoms with van der Waals surface area (Å²) in [4.78, 5) is 11.8. The van der Waals surface area contributed by atoms with Gasteiger partial charge in [-0.05, 0) is 52.0 Å². The van der Waals surface area contributed by atoms with Crippen molar-refractivity contribution < 1.29 is 0 Å². The smallest absolute Gasteiger partial charge is 0.115 e. The van der Waals surface area contributed by atoms with E-state index in [1.54, 1.807) is 0 Å². The summed E-state index contributed by atoms with van der Waals surface area (Å²) >= 11 is 2.05. The van der Waals surface area contributed by atoms with Crippen LogP contribution in [0.3, 0.4) is 0 Å². The zero-order valence-corrected chi connectivity index (χ0v) is 19.2. The lowest BCUT2D eigenvalue weighted by Gasteiger charge is -2.26. The molecule has 27 heavy (non-hydrogen) atoms. The molecule has 0 amide bonds. The number of thioether (sulfide) groups is 1. The van der Waals surface area contributed by atoms with Gasteiger partial charge in [-0.15, -0.1) is 4.91 Å². The quantitative estimate of drug-likeness (QED) is 0.474. The molecule has 2 rings (SSSR count). The highest BCUT2D eigenvalue weighted by molar-refractivity contribution is 7.99. The van der Waals surface area contributed by atoms with E-state index in [-0.39, 0.29) is 10.8 Å². The predicted octanol–water partition coefficient (Wildman–Crippen LogP) is 8.32. The Kier molecular flexibility index (Phi) is 7.97. The van der Waals surface area contributed by atoms with Crippen LogP contribution in [0, 0.1) is 10.3 Å². The Morgan fingerprint density at radius 2 is 1.48 bits per heavy atom. The molecule has 1 aromatic rings. The largest absolute Gasteiger partial charge is 0.154 e. The average molecular weight is 390 g/mol. The Bertz CT molecular complexity index is 616. The third-order valence-corrected chi connectivity index (χ3v) is 6.89. The van der Waals surface area contributed by atoms with E-state index >= 15 is 0 Å². The second-order valence-electron chi connectivity index (χ2n) is 10.5. The fourth-order valence-corrected chi connectivity index (χ4v) is 5.22. The normalized spacial score (nSPS) is 17.4. The van der Waals surface area contributed by atoms with E-state index in [4.69, 9.17) is 0 Å². The van der Waals surface area contributed by atoms with E-state index in [1.807, 2.05) is 11.8 Å². The Morgan fingerprint density at radius 3 is 2.00 bits per heavy atom. The van der Waals surface area contributed by atoms with Crippen molar-refractivity contribution in [2.24, 2.45) is 10.6 Å². The number of nitrogens with zero attached hydrogens (tertiary/aromatic N) is 1. The lowest BCUT2D eigenvalue weighted by atomic mass is 9.81. The van der Waals surface area contributed by atoms with Gasteiger partial charge in [-0.3, -0.25) is 0 Å². The van der Waals surface area contributed by atoms with Crippen LogP contribution in [-0.2, 0) is 17.6 Å². The van der Waals surface area contributed by atoms with E-state index in [1.165, 1.54) is 50.5 Å². The van der Waals surface area contributed by atoms with Gasteiger partial charge in [-0.1, -0.05) is 85.8 Å². The zero-order chi connectivity index (χ0) is 20.1. The minimum absolute atomic E-state index is 0.0771. The van der Waals surface area contributed by atoms with Crippen molar-refractivity contribution in [3.8, 4) is 0 Å². The molecule has 1 fully saturated rings. The van der Waals surface area contributed by atoms with Crippen LogP contribution in [0.25, 0.3) is 0 Å². The van der Waals surface area contributed by atoms with Gasteiger partial charge in [-0.25, -0.2) is 0 Å². The van der Waals surface area contributed by atoms with Gasteiger partial charge >= 0.3 is 0 Å². The van der Waals surface area contributed by atoms with E-state index in [0.29, 0.717) is 5.69 Å². The highest BCUT2D eigenvalue weighted by Crippen LogP contribution is 2.38. The van der Waals surface area contributed by atoms with Crippen LogP contribution in [-0.4, -0.2) is 5.25 Å². The molecule has 0 radical (unpaired) electrons. The van der Waals surface area contributed by atoms with Gasteiger partial charge < -0.3 is 0 Å². The summed E-state index contributed by atoms with van der Waals surface area (Å²) in [6, 6.07) is 4.48. The van der Waals surface area contributed by atoms with Crippen LogP contribution in [0.1, 0.15) is 103 Å². The molecule has 0 atom stereocenters. The predicted molar refractivity (Wildman–Crippen MR) is 121 cm³/mol. The zero-order valence-electron chi connectivity index (χ0n) is 18.4. The molecular formula is C24H39NOS. The fraction of sp³-hybridized carbons (Fsp3) is 0.750. The Labute approximate surface area is 171 Å². The van der Waals surface area contributed by atoms with Crippen molar-refractivity contribution >= 4 is 17.4 Å². The first-order valence-electron chi connectivity index (χ1n) is 10.7. The van der Waals surface area contributed by atoms with Crippen molar-refractivity contribution in [1.82, 2.24) is 0 Å². The highest BCUT2D eigenvalue weighted by atomic mass is 32.2. The second kappa shape index (κ2) is 9.58. The minimum Gasteiger partial charge on any atom is -0.154 e. The first-order chi connectivity index (χ1) is 12.6. The van der Waals surface area contributed by atoms with Crippen molar-refractivity contribution in [1.29, 1.82) is 0 Å². The summed E-state index contributed by atoms with van der Waals surface area (Å²) in [6.07, 6.45) is 10.4. The molecule has 0 N–H and O–H groups in total. The van der Waals surface area contributed by atoms with Crippen molar-refractivity contribution in [3.63, 3.8) is 0 Å². The molecule has 1 aliphatic carbocycles. The van der Waals surface area contributed by atoms with Gasteiger partial charge in [0.1, 0.15) is 5.69 Å². The van der Waals surface area contributed by atoms with Crippen molar-refractivity contribution in [3.05, 3.63) is 33.7 Å². The lowest BCUT2D eigenvalue weighted by molar-refractivity contribution is 0.411. The van der Waals surface area contributed by atoms with Gasteiger partial charge in [0.2, 0.25) is 0 Å². The highest BCUT2D eigenvalue weighted by Gasteiger charge is 2.23. The monoisotopic (exact) mass is 389 g/mol. The number of nitroso groups, excluding NO2 is 1. The summed E-state index contributed by atoms with van der Waals surface area (Å²) in [7, 11) is 0. The molecule has 3 heteroatoms.